The van der Waals surface area contributed by atoms with Gasteiger partial charge in [0.05, 0.1) is 13.0 Å². The van der Waals surface area contributed by atoms with Crippen LogP contribution in [0.3, 0.4) is 0 Å². The maximum absolute atomic E-state index is 13.2. The van der Waals surface area contributed by atoms with Crippen molar-refractivity contribution in [3.63, 3.8) is 0 Å². The van der Waals surface area contributed by atoms with E-state index in [-0.39, 0.29) is 24.7 Å². The number of nitrogens with zero attached hydrogens (tertiary/aromatic N) is 1. The molecule has 1 aromatic heterocycles. The van der Waals surface area contributed by atoms with E-state index >= 15 is 0 Å². The molecule has 2 aromatic rings. The molecule has 8 heteroatoms. The number of halogens is 1. The summed E-state index contributed by atoms with van der Waals surface area (Å²) >= 11 is 1.19. The standard InChI is InChI=1S/C19H23FN2O3S2/c20-16-7-5-6-15(12-16)13-18(23)21-14-17-8-9-19(26-17)27(24,25)22-10-3-1-2-4-11-22/h5-9,12H,1-4,10-11,13-14H2,(H,21,23). The zero-order valence-electron chi connectivity index (χ0n) is 15.0. The first-order valence-electron chi connectivity index (χ1n) is 9.05. The van der Waals surface area contributed by atoms with Crippen molar-refractivity contribution in [2.24, 2.45) is 0 Å². The van der Waals surface area contributed by atoms with Gasteiger partial charge in [-0.3, -0.25) is 4.79 Å². The van der Waals surface area contributed by atoms with Gasteiger partial charge in [0, 0.05) is 18.0 Å². The SMILES string of the molecule is O=C(Cc1cccc(F)c1)NCc1ccc(S(=O)(=O)N2CCCCCC2)s1. The molecule has 5 nitrogen and oxygen atoms in total. The zero-order valence-corrected chi connectivity index (χ0v) is 16.6. The van der Waals surface area contributed by atoms with Crippen molar-refractivity contribution in [1.82, 2.24) is 9.62 Å². The Morgan fingerprint density at radius 2 is 1.85 bits per heavy atom. The lowest BCUT2D eigenvalue weighted by atomic mass is 10.1. The topological polar surface area (TPSA) is 66.5 Å². The van der Waals surface area contributed by atoms with E-state index in [1.54, 1.807) is 28.6 Å². The second kappa shape index (κ2) is 8.95. The van der Waals surface area contributed by atoms with Crippen LogP contribution in [0.4, 0.5) is 4.39 Å². The highest BCUT2D eigenvalue weighted by Crippen LogP contribution is 2.26. The normalized spacial score (nSPS) is 16.0. The summed E-state index contributed by atoms with van der Waals surface area (Å²) in [5, 5.41) is 2.76. The third kappa shape index (κ3) is 5.37. The van der Waals surface area contributed by atoms with Gasteiger partial charge < -0.3 is 5.32 Å². The molecule has 0 aliphatic carbocycles. The van der Waals surface area contributed by atoms with Crippen LogP contribution in [-0.2, 0) is 27.8 Å². The highest BCUT2D eigenvalue weighted by Gasteiger charge is 2.26. The minimum Gasteiger partial charge on any atom is -0.351 e. The summed E-state index contributed by atoms with van der Waals surface area (Å²) in [5.74, 6) is -0.604. The summed E-state index contributed by atoms with van der Waals surface area (Å²) in [6, 6.07) is 9.27. The molecule has 0 bridgehead atoms. The number of amides is 1. The van der Waals surface area contributed by atoms with Crippen LogP contribution < -0.4 is 5.32 Å². The average molecular weight is 411 g/mol. The molecule has 1 fully saturated rings. The van der Waals surface area contributed by atoms with Gasteiger partial charge in [-0.2, -0.15) is 4.31 Å². The van der Waals surface area contributed by atoms with E-state index < -0.39 is 10.0 Å². The summed E-state index contributed by atoms with van der Waals surface area (Å²) in [7, 11) is -3.46. The second-order valence-corrected chi connectivity index (χ2v) is 9.96. The molecule has 0 unspecified atom stereocenters. The van der Waals surface area contributed by atoms with Crippen LogP contribution >= 0.6 is 11.3 Å². The Kier molecular flexibility index (Phi) is 6.62. The predicted molar refractivity (Wildman–Crippen MR) is 103 cm³/mol. The number of carbonyl (C=O) groups is 1. The Labute approximate surface area is 163 Å². The number of hydrogen-bond donors (Lipinski definition) is 1. The number of thiophene rings is 1. The molecule has 0 saturated carbocycles. The Balaban J connectivity index is 1.58. The van der Waals surface area contributed by atoms with Crippen LogP contribution in [-0.4, -0.2) is 31.7 Å². The van der Waals surface area contributed by atoms with E-state index in [4.69, 9.17) is 0 Å². The lowest BCUT2D eigenvalue weighted by Gasteiger charge is -2.18. The van der Waals surface area contributed by atoms with Gasteiger partial charge in [-0.05, 0) is 42.7 Å². The smallest absolute Gasteiger partial charge is 0.252 e. The summed E-state index contributed by atoms with van der Waals surface area (Å²) in [4.78, 5) is 12.8. The van der Waals surface area contributed by atoms with Crippen molar-refractivity contribution < 1.29 is 17.6 Å². The lowest BCUT2D eigenvalue weighted by Crippen LogP contribution is -2.31. The van der Waals surface area contributed by atoms with Crippen molar-refractivity contribution in [2.45, 2.75) is 42.9 Å². The molecule has 1 aliphatic rings. The number of nitrogens with one attached hydrogen (secondary N) is 1. The number of carbonyl (C=O) groups excluding carboxylic acids is 1. The molecule has 0 radical (unpaired) electrons. The summed E-state index contributed by atoms with van der Waals surface area (Å²) in [6.45, 7) is 1.40. The van der Waals surface area contributed by atoms with Crippen molar-refractivity contribution >= 4 is 27.3 Å². The Morgan fingerprint density at radius 1 is 1.11 bits per heavy atom. The monoisotopic (exact) mass is 410 g/mol. The number of hydrogen-bond acceptors (Lipinski definition) is 4. The fourth-order valence-electron chi connectivity index (χ4n) is 3.08. The van der Waals surface area contributed by atoms with Crippen LogP contribution in [0.2, 0.25) is 0 Å². The van der Waals surface area contributed by atoms with Gasteiger partial charge in [-0.1, -0.05) is 25.0 Å². The second-order valence-electron chi connectivity index (χ2n) is 6.62. The largest absolute Gasteiger partial charge is 0.351 e. The Morgan fingerprint density at radius 3 is 2.56 bits per heavy atom. The molecule has 0 spiro atoms. The van der Waals surface area contributed by atoms with E-state index in [0.29, 0.717) is 22.9 Å². The molecule has 0 atom stereocenters. The Hall–Kier alpha value is -1.77. The summed E-state index contributed by atoms with van der Waals surface area (Å²) < 4.78 is 40.6. The van der Waals surface area contributed by atoms with E-state index in [1.807, 2.05) is 0 Å². The first-order chi connectivity index (χ1) is 12.9. The molecule has 2 heterocycles. The van der Waals surface area contributed by atoms with Gasteiger partial charge in [-0.15, -0.1) is 11.3 Å². The minimum absolute atomic E-state index is 0.0854. The summed E-state index contributed by atoms with van der Waals surface area (Å²) in [5.41, 5.74) is 0.600. The molecular weight excluding hydrogens is 387 g/mol. The van der Waals surface area contributed by atoms with Gasteiger partial charge in [0.25, 0.3) is 10.0 Å². The first-order valence-corrected chi connectivity index (χ1v) is 11.3. The fraction of sp³-hybridized carbons (Fsp3) is 0.421. The van der Waals surface area contributed by atoms with Crippen LogP contribution in [0, 0.1) is 5.82 Å². The zero-order chi connectivity index (χ0) is 19.3. The predicted octanol–water partition coefficient (Wildman–Crippen LogP) is 3.31. The van der Waals surface area contributed by atoms with Crippen LogP contribution in [0.1, 0.15) is 36.1 Å². The van der Waals surface area contributed by atoms with Gasteiger partial charge >= 0.3 is 0 Å². The minimum atomic E-state index is -3.46. The highest BCUT2D eigenvalue weighted by atomic mass is 32.2. The van der Waals surface area contributed by atoms with Crippen LogP contribution in [0.25, 0.3) is 0 Å². The average Bonchev–Trinajstić information content (AvgIpc) is 2.94. The molecule has 27 heavy (non-hydrogen) atoms. The molecule has 146 valence electrons. The van der Waals surface area contributed by atoms with E-state index in [9.17, 15) is 17.6 Å². The van der Waals surface area contributed by atoms with Crippen molar-refractivity contribution in [3.05, 3.63) is 52.7 Å². The lowest BCUT2D eigenvalue weighted by molar-refractivity contribution is -0.120. The maximum Gasteiger partial charge on any atom is 0.252 e. The highest BCUT2D eigenvalue weighted by molar-refractivity contribution is 7.91. The van der Waals surface area contributed by atoms with E-state index in [2.05, 4.69) is 5.32 Å². The molecule has 1 saturated heterocycles. The molecular formula is C19H23FN2O3S2. The summed E-state index contributed by atoms with van der Waals surface area (Å²) in [6.07, 6.45) is 4.02. The molecule has 3 rings (SSSR count). The van der Waals surface area contributed by atoms with Gasteiger partial charge in [0.2, 0.25) is 5.91 Å². The molecule has 1 amide bonds. The number of benzene rings is 1. The maximum atomic E-state index is 13.2. The number of sulfonamides is 1. The fourth-order valence-corrected chi connectivity index (χ4v) is 6.05. The van der Waals surface area contributed by atoms with Gasteiger partial charge in [0.15, 0.2) is 0 Å². The van der Waals surface area contributed by atoms with Crippen molar-refractivity contribution in [3.8, 4) is 0 Å². The van der Waals surface area contributed by atoms with Crippen LogP contribution in [0.15, 0.2) is 40.6 Å². The van der Waals surface area contributed by atoms with E-state index in [0.717, 1.165) is 30.6 Å². The van der Waals surface area contributed by atoms with Crippen molar-refractivity contribution in [1.29, 1.82) is 0 Å². The number of rotatable bonds is 6. The molecule has 1 aromatic carbocycles. The molecule has 1 N–H and O–H groups in total. The Bertz CT molecular complexity index is 888. The third-order valence-corrected chi connectivity index (χ3v) is 7.96. The first kappa shape index (κ1) is 20.0. The van der Waals surface area contributed by atoms with Crippen molar-refractivity contribution in [2.75, 3.05) is 13.1 Å². The van der Waals surface area contributed by atoms with Gasteiger partial charge in [0.1, 0.15) is 10.0 Å². The quantitative estimate of drug-likeness (QED) is 0.795. The van der Waals surface area contributed by atoms with E-state index in [1.165, 1.54) is 23.5 Å². The third-order valence-electron chi connectivity index (χ3n) is 4.51. The van der Waals surface area contributed by atoms with Gasteiger partial charge in [-0.25, -0.2) is 12.8 Å². The van der Waals surface area contributed by atoms with Crippen LogP contribution in [0.5, 0.6) is 0 Å². The molecule has 1 aliphatic heterocycles.